The number of fused-ring (bicyclic) bond motifs is 1. The van der Waals surface area contributed by atoms with Crippen molar-refractivity contribution in [3.8, 4) is 11.5 Å². The summed E-state index contributed by atoms with van der Waals surface area (Å²) in [6.45, 7) is 5.17. The summed E-state index contributed by atoms with van der Waals surface area (Å²) in [5.41, 5.74) is 1.02. The molecule has 0 radical (unpaired) electrons. The van der Waals surface area contributed by atoms with E-state index in [0.29, 0.717) is 50.9 Å². The summed E-state index contributed by atoms with van der Waals surface area (Å²) in [7, 11) is -3.61. The molecule has 0 amide bonds. The summed E-state index contributed by atoms with van der Waals surface area (Å²) in [5.74, 6) is 0.804. The first-order valence-electron chi connectivity index (χ1n) is 9.84. The number of nitrogens with zero attached hydrogens (tertiary/aromatic N) is 2. The fourth-order valence-electron chi connectivity index (χ4n) is 3.74. The molecular formula is C21H25FN2O4S. The minimum Gasteiger partial charge on any atom is -0.490 e. The van der Waals surface area contributed by atoms with E-state index in [4.69, 9.17) is 9.47 Å². The maximum atomic E-state index is 13.2. The van der Waals surface area contributed by atoms with Gasteiger partial charge in [0.1, 0.15) is 5.82 Å². The molecule has 0 aromatic heterocycles. The summed E-state index contributed by atoms with van der Waals surface area (Å²) in [6, 6.07) is 11.4. The Kier molecular flexibility index (Phi) is 5.76. The van der Waals surface area contributed by atoms with Gasteiger partial charge in [-0.05, 0) is 36.8 Å². The largest absolute Gasteiger partial charge is 0.490 e. The van der Waals surface area contributed by atoms with Crippen LogP contribution in [0.1, 0.15) is 24.9 Å². The van der Waals surface area contributed by atoms with Gasteiger partial charge in [0.2, 0.25) is 10.0 Å². The standard InChI is InChI=1S/C21H25FN2O4S/c1-16(17-3-5-18(22)6-4-17)23-9-11-24(12-10-23)29(25,26)19-7-8-20-21(15-19)28-14-2-13-27-20/h3-8,15-16H,2,9-14H2,1H3/t16-/m1/s1. The molecular weight excluding hydrogens is 395 g/mol. The van der Waals surface area contributed by atoms with Gasteiger partial charge in [-0.3, -0.25) is 4.90 Å². The van der Waals surface area contributed by atoms with E-state index >= 15 is 0 Å². The zero-order valence-electron chi connectivity index (χ0n) is 16.4. The third kappa shape index (κ3) is 4.24. The Balaban J connectivity index is 1.45. The molecule has 1 atom stereocenters. The maximum Gasteiger partial charge on any atom is 0.243 e. The molecule has 8 heteroatoms. The molecule has 6 nitrogen and oxygen atoms in total. The van der Waals surface area contributed by atoms with Gasteiger partial charge in [-0.2, -0.15) is 4.31 Å². The van der Waals surface area contributed by atoms with E-state index in [1.807, 2.05) is 0 Å². The Morgan fingerprint density at radius 3 is 2.28 bits per heavy atom. The van der Waals surface area contributed by atoms with E-state index in [1.165, 1.54) is 16.4 Å². The summed E-state index contributed by atoms with van der Waals surface area (Å²) >= 11 is 0. The van der Waals surface area contributed by atoms with Crippen molar-refractivity contribution in [2.24, 2.45) is 0 Å². The molecule has 0 N–H and O–H groups in total. The highest BCUT2D eigenvalue weighted by molar-refractivity contribution is 7.89. The number of benzene rings is 2. The van der Waals surface area contributed by atoms with E-state index in [-0.39, 0.29) is 16.8 Å². The van der Waals surface area contributed by atoms with Crippen LogP contribution in [0.4, 0.5) is 4.39 Å². The summed E-state index contributed by atoms with van der Waals surface area (Å²) in [6.07, 6.45) is 0.769. The quantitative estimate of drug-likeness (QED) is 0.761. The zero-order chi connectivity index (χ0) is 20.4. The van der Waals surface area contributed by atoms with Crippen LogP contribution in [0, 0.1) is 5.82 Å². The van der Waals surface area contributed by atoms with Crippen LogP contribution in [-0.2, 0) is 10.0 Å². The molecule has 0 bridgehead atoms. The zero-order valence-corrected chi connectivity index (χ0v) is 17.2. The van der Waals surface area contributed by atoms with Gasteiger partial charge in [-0.1, -0.05) is 12.1 Å². The molecule has 1 saturated heterocycles. The lowest BCUT2D eigenvalue weighted by Crippen LogP contribution is -2.49. The highest BCUT2D eigenvalue weighted by Gasteiger charge is 2.31. The highest BCUT2D eigenvalue weighted by Crippen LogP contribution is 2.33. The van der Waals surface area contributed by atoms with E-state index in [9.17, 15) is 12.8 Å². The van der Waals surface area contributed by atoms with Crippen LogP contribution >= 0.6 is 0 Å². The van der Waals surface area contributed by atoms with E-state index in [2.05, 4.69) is 11.8 Å². The van der Waals surface area contributed by atoms with Gasteiger partial charge < -0.3 is 9.47 Å². The second-order valence-electron chi connectivity index (χ2n) is 7.33. The van der Waals surface area contributed by atoms with E-state index in [0.717, 1.165) is 12.0 Å². The molecule has 2 heterocycles. The van der Waals surface area contributed by atoms with Crippen LogP contribution in [-0.4, -0.2) is 57.0 Å². The fraction of sp³-hybridized carbons (Fsp3) is 0.429. The van der Waals surface area contributed by atoms with E-state index < -0.39 is 10.0 Å². The minimum absolute atomic E-state index is 0.0958. The van der Waals surface area contributed by atoms with Crippen LogP contribution in [0.3, 0.4) is 0 Å². The molecule has 2 aromatic carbocycles. The van der Waals surface area contributed by atoms with Crippen molar-refractivity contribution in [1.82, 2.24) is 9.21 Å². The fourth-order valence-corrected chi connectivity index (χ4v) is 5.17. The second kappa shape index (κ2) is 8.30. The lowest BCUT2D eigenvalue weighted by Gasteiger charge is -2.37. The van der Waals surface area contributed by atoms with Gasteiger partial charge in [0.05, 0.1) is 18.1 Å². The molecule has 0 spiro atoms. The SMILES string of the molecule is C[C@H](c1ccc(F)cc1)N1CCN(S(=O)(=O)c2ccc3c(c2)OCCCO3)CC1. The molecule has 4 rings (SSSR count). The third-order valence-corrected chi connectivity index (χ3v) is 7.42. The van der Waals surface area contributed by atoms with Gasteiger partial charge in [-0.25, -0.2) is 12.8 Å². The molecule has 1 fully saturated rings. The molecule has 2 aromatic rings. The Morgan fingerprint density at radius 1 is 0.931 bits per heavy atom. The predicted octanol–water partition coefficient (Wildman–Crippen LogP) is 3.05. The first-order chi connectivity index (χ1) is 13.9. The molecule has 0 aliphatic carbocycles. The monoisotopic (exact) mass is 420 g/mol. The molecule has 0 saturated carbocycles. The normalized spacial score (nSPS) is 19.5. The molecule has 2 aliphatic rings. The van der Waals surface area contributed by atoms with Crippen LogP contribution in [0.25, 0.3) is 0 Å². The van der Waals surface area contributed by atoms with Gasteiger partial charge in [0.25, 0.3) is 0 Å². The first-order valence-corrected chi connectivity index (χ1v) is 11.3. The predicted molar refractivity (Wildman–Crippen MR) is 107 cm³/mol. The average molecular weight is 421 g/mol. The molecule has 0 unspecified atom stereocenters. The topological polar surface area (TPSA) is 59.1 Å². The number of sulfonamides is 1. The van der Waals surface area contributed by atoms with Gasteiger partial charge in [0, 0.05) is 44.7 Å². The highest BCUT2D eigenvalue weighted by atomic mass is 32.2. The minimum atomic E-state index is -3.61. The molecule has 29 heavy (non-hydrogen) atoms. The number of hydrogen-bond acceptors (Lipinski definition) is 5. The Hall–Kier alpha value is -2.16. The molecule has 156 valence electrons. The number of piperazine rings is 1. The maximum absolute atomic E-state index is 13.2. The second-order valence-corrected chi connectivity index (χ2v) is 9.26. The van der Waals surface area contributed by atoms with Crippen LogP contribution in [0.2, 0.25) is 0 Å². The van der Waals surface area contributed by atoms with Gasteiger partial charge in [0.15, 0.2) is 11.5 Å². The van der Waals surface area contributed by atoms with Gasteiger partial charge >= 0.3 is 0 Å². The Bertz CT molecular complexity index is 957. The Labute approximate surface area is 170 Å². The van der Waals surface area contributed by atoms with Crippen LogP contribution in [0.15, 0.2) is 47.4 Å². The van der Waals surface area contributed by atoms with Crippen molar-refractivity contribution in [3.63, 3.8) is 0 Å². The number of rotatable bonds is 4. The third-order valence-electron chi connectivity index (χ3n) is 5.53. The summed E-state index contributed by atoms with van der Waals surface area (Å²) < 4.78 is 52.1. The first kappa shape index (κ1) is 20.1. The average Bonchev–Trinajstić information content (AvgIpc) is 2.99. The smallest absolute Gasteiger partial charge is 0.243 e. The number of ether oxygens (including phenoxy) is 2. The van der Waals surface area contributed by atoms with E-state index in [1.54, 1.807) is 30.3 Å². The molecule has 2 aliphatic heterocycles. The van der Waals surface area contributed by atoms with Crippen molar-refractivity contribution in [2.75, 3.05) is 39.4 Å². The number of halogens is 1. The Morgan fingerprint density at radius 2 is 1.59 bits per heavy atom. The lowest BCUT2D eigenvalue weighted by atomic mass is 10.1. The summed E-state index contributed by atoms with van der Waals surface area (Å²) in [5, 5.41) is 0. The lowest BCUT2D eigenvalue weighted by molar-refractivity contribution is 0.146. The number of hydrogen-bond donors (Lipinski definition) is 0. The summed E-state index contributed by atoms with van der Waals surface area (Å²) in [4.78, 5) is 2.44. The van der Waals surface area contributed by atoms with Crippen molar-refractivity contribution in [1.29, 1.82) is 0 Å². The van der Waals surface area contributed by atoms with Crippen molar-refractivity contribution in [3.05, 3.63) is 53.8 Å². The van der Waals surface area contributed by atoms with Crippen molar-refractivity contribution >= 4 is 10.0 Å². The van der Waals surface area contributed by atoms with Crippen LogP contribution < -0.4 is 9.47 Å². The van der Waals surface area contributed by atoms with Crippen molar-refractivity contribution in [2.45, 2.75) is 24.3 Å². The van der Waals surface area contributed by atoms with Crippen LogP contribution in [0.5, 0.6) is 11.5 Å². The van der Waals surface area contributed by atoms with Crippen molar-refractivity contribution < 1.29 is 22.3 Å². The van der Waals surface area contributed by atoms with Gasteiger partial charge in [-0.15, -0.1) is 0 Å².